The van der Waals surface area contributed by atoms with Crippen molar-refractivity contribution >= 4 is 22.7 Å². The van der Waals surface area contributed by atoms with Crippen LogP contribution in [-0.2, 0) is 17.8 Å². The fourth-order valence-electron chi connectivity index (χ4n) is 4.95. The molecule has 3 aliphatic rings. The fourth-order valence-corrected chi connectivity index (χ4v) is 4.95. The normalized spacial score (nSPS) is 19.6. The van der Waals surface area contributed by atoms with Crippen LogP contribution in [0.3, 0.4) is 0 Å². The Labute approximate surface area is 188 Å². The molecule has 0 atom stereocenters. The standard InChI is InChI=1S/C23H23F2N5O3/c24-16-2-3-17-14(20(16)25)10-18(27-17)22(32)28-7-8-30-19(12-28)15(11-26-30)21(31)29-6-1-9-33-13-23(29)4-5-23/h2-3,10-11,27H,1,4-9,12-13H2. The Hall–Kier alpha value is -3.27. The van der Waals surface area contributed by atoms with Gasteiger partial charge in [-0.25, -0.2) is 8.78 Å². The van der Waals surface area contributed by atoms with Crippen LogP contribution in [0, 0.1) is 11.6 Å². The maximum Gasteiger partial charge on any atom is 0.270 e. The number of halogens is 2. The van der Waals surface area contributed by atoms with Crippen LogP contribution in [0.2, 0.25) is 0 Å². The summed E-state index contributed by atoms with van der Waals surface area (Å²) >= 11 is 0. The monoisotopic (exact) mass is 455 g/mol. The van der Waals surface area contributed by atoms with Crippen molar-refractivity contribution in [3.63, 3.8) is 0 Å². The number of ether oxygens (including phenoxy) is 1. The molecule has 2 fully saturated rings. The molecule has 8 nitrogen and oxygen atoms in total. The van der Waals surface area contributed by atoms with Crippen LogP contribution in [0.4, 0.5) is 8.78 Å². The maximum atomic E-state index is 14.1. The topological polar surface area (TPSA) is 83.5 Å². The Kier molecular flexibility index (Phi) is 4.55. The molecule has 0 unspecified atom stereocenters. The summed E-state index contributed by atoms with van der Waals surface area (Å²) in [4.78, 5) is 33.1. The van der Waals surface area contributed by atoms with E-state index in [2.05, 4.69) is 10.1 Å². The number of hydrogen-bond donors (Lipinski definition) is 1. The van der Waals surface area contributed by atoms with E-state index in [4.69, 9.17) is 4.74 Å². The van der Waals surface area contributed by atoms with E-state index in [1.807, 2.05) is 4.90 Å². The summed E-state index contributed by atoms with van der Waals surface area (Å²) in [5.41, 5.74) is 1.51. The number of carbonyl (C=O) groups excluding carboxylic acids is 2. The molecule has 1 aliphatic carbocycles. The van der Waals surface area contributed by atoms with Crippen LogP contribution >= 0.6 is 0 Å². The summed E-state index contributed by atoms with van der Waals surface area (Å²) in [5.74, 6) is -2.35. The van der Waals surface area contributed by atoms with E-state index in [9.17, 15) is 18.4 Å². The highest BCUT2D eigenvalue weighted by molar-refractivity contribution is 5.99. The molecule has 1 N–H and O–H groups in total. The molecule has 2 amide bonds. The van der Waals surface area contributed by atoms with Crippen molar-refractivity contribution in [2.45, 2.75) is 37.9 Å². The molecule has 3 aromatic rings. The van der Waals surface area contributed by atoms with Crippen molar-refractivity contribution in [2.24, 2.45) is 0 Å². The number of amides is 2. The SMILES string of the molecule is O=C(c1cc2c(F)c(F)ccc2[nH]1)N1CCn2ncc(C(=O)N3CCCOCC34CC4)c2C1. The van der Waals surface area contributed by atoms with Crippen LogP contribution in [0.5, 0.6) is 0 Å². The Morgan fingerprint density at radius 2 is 1.97 bits per heavy atom. The van der Waals surface area contributed by atoms with E-state index in [1.54, 1.807) is 15.8 Å². The number of carbonyl (C=O) groups is 2. The van der Waals surface area contributed by atoms with Crippen molar-refractivity contribution in [2.75, 3.05) is 26.3 Å². The first-order valence-electron chi connectivity index (χ1n) is 11.2. The Morgan fingerprint density at radius 1 is 1.12 bits per heavy atom. The molecule has 2 aliphatic heterocycles. The lowest BCUT2D eigenvalue weighted by atomic mass is 10.1. The van der Waals surface area contributed by atoms with Gasteiger partial charge in [-0.05, 0) is 37.5 Å². The molecule has 1 spiro atoms. The molecule has 2 aromatic heterocycles. The smallest absolute Gasteiger partial charge is 0.270 e. The van der Waals surface area contributed by atoms with Gasteiger partial charge in [0, 0.05) is 30.6 Å². The molecular formula is C23H23F2N5O3. The van der Waals surface area contributed by atoms with Gasteiger partial charge in [0.05, 0.1) is 42.7 Å². The third-order valence-corrected chi connectivity index (χ3v) is 7.00. The molecule has 10 heteroatoms. The summed E-state index contributed by atoms with van der Waals surface area (Å²) in [6.45, 7) is 2.91. The summed E-state index contributed by atoms with van der Waals surface area (Å²) in [6, 6.07) is 3.77. The first-order valence-corrected chi connectivity index (χ1v) is 11.2. The Bertz CT molecular complexity index is 1280. The zero-order valence-corrected chi connectivity index (χ0v) is 17.9. The van der Waals surface area contributed by atoms with Gasteiger partial charge in [-0.2, -0.15) is 5.10 Å². The van der Waals surface area contributed by atoms with Gasteiger partial charge >= 0.3 is 0 Å². The molecule has 0 radical (unpaired) electrons. The highest BCUT2D eigenvalue weighted by Crippen LogP contribution is 2.44. The molecule has 1 saturated carbocycles. The number of benzene rings is 1. The van der Waals surface area contributed by atoms with Crippen molar-refractivity contribution < 1.29 is 23.1 Å². The van der Waals surface area contributed by atoms with E-state index in [-0.39, 0.29) is 35.0 Å². The molecule has 6 rings (SSSR count). The minimum absolute atomic E-state index is 0.0365. The quantitative estimate of drug-likeness (QED) is 0.644. The first-order chi connectivity index (χ1) is 16.0. The van der Waals surface area contributed by atoms with Crippen LogP contribution in [0.1, 0.15) is 45.8 Å². The molecule has 4 heterocycles. The Balaban J connectivity index is 1.27. The van der Waals surface area contributed by atoms with E-state index in [1.165, 1.54) is 12.1 Å². The number of aromatic nitrogens is 3. The molecule has 33 heavy (non-hydrogen) atoms. The van der Waals surface area contributed by atoms with E-state index in [0.29, 0.717) is 49.6 Å². The highest BCUT2D eigenvalue weighted by Gasteiger charge is 2.51. The molecular weight excluding hydrogens is 432 g/mol. The summed E-state index contributed by atoms with van der Waals surface area (Å²) in [5, 5.41) is 4.42. The Morgan fingerprint density at radius 3 is 2.79 bits per heavy atom. The summed E-state index contributed by atoms with van der Waals surface area (Å²) in [6.07, 6.45) is 4.25. The lowest BCUT2D eigenvalue weighted by molar-refractivity contribution is 0.0544. The molecule has 1 aromatic carbocycles. The van der Waals surface area contributed by atoms with E-state index in [0.717, 1.165) is 25.3 Å². The molecule has 1 saturated heterocycles. The van der Waals surface area contributed by atoms with E-state index >= 15 is 0 Å². The van der Waals surface area contributed by atoms with Gasteiger partial charge in [0.1, 0.15) is 5.69 Å². The van der Waals surface area contributed by atoms with Gasteiger partial charge in [-0.1, -0.05) is 0 Å². The third kappa shape index (κ3) is 3.23. The largest absolute Gasteiger partial charge is 0.379 e. The number of fused-ring (bicyclic) bond motifs is 2. The third-order valence-electron chi connectivity index (χ3n) is 7.00. The van der Waals surface area contributed by atoms with Crippen molar-refractivity contribution in [3.8, 4) is 0 Å². The first kappa shape index (κ1) is 20.3. The van der Waals surface area contributed by atoms with Gasteiger partial charge in [0.25, 0.3) is 11.8 Å². The van der Waals surface area contributed by atoms with Crippen LogP contribution < -0.4 is 0 Å². The van der Waals surface area contributed by atoms with Gasteiger partial charge in [-0.3, -0.25) is 14.3 Å². The van der Waals surface area contributed by atoms with Crippen molar-refractivity contribution in [1.82, 2.24) is 24.6 Å². The lowest BCUT2D eigenvalue weighted by Gasteiger charge is -2.31. The lowest BCUT2D eigenvalue weighted by Crippen LogP contribution is -2.45. The maximum absolute atomic E-state index is 14.1. The van der Waals surface area contributed by atoms with Crippen LogP contribution in [0.15, 0.2) is 24.4 Å². The van der Waals surface area contributed by atoms with E-state index < -0.39 is 11.6 Å². The fraction of sp³-hybridized carbons (Fsp3) is 0.435. The second kappa shape index (κ2) is 7.38. The minimum atomic E-state index is -0.983. The second-order valence-electron chi connectivity index (χ2n) is 9.05. The molecule has 172 valence electrons. The number of H-pyrrole nitrogens is 1. The predicted molar refractivity (Wildman–Crippen MR) is 114 cm³/mol. The minimum Gasteiger partial charge on any atom is -0.379 e. The average molecular weight is 455 g/mol. The zero-order chi connectivity index (χ0) is 22.7. The number of hydrogen-bond acceptors (Lipinski definition) is 4. The summed E-state index contributed by atoms with van der Waals surface area (Å²) < 4.78 is 35.1. The van der Waals surface area contributed by atoms with Crippen LogP contribution in [0.25, 0.3) is 10.9 Å². The number of nitrogens with one attached hydrogen (secondary N) is 1. The van der Waals surface area contributed by atoms with Gasteiger partial charge in [0.2, 0.25) is 0 Å². The van der Waals surface area contributed by atoms with Gasteiger partial charge in [0.15, 0.2) is 11.6 Å². The zero-order valence-electron chi connectivity index (χ0n) is 17.9. The van der Waals surface area contributed by atoms with Crippen molar-refractivity contribution in [3.05, 3.63) is 53.0 Å². The summed E-state index contributed by atoms with van der Waals surface area (Å²) in [7, 11) is 0. The molecule has 0 bridgehead atoms. The average Bonchev–Trinajstić information content (AvgIpc) is 3.35. The number of rotatable bonds is 2. The highest BCUT2D eigenvalue weighted by atomic mass is 19.2. The van der Waals surface area contributed by atoms with Gasteiger partial charge < -0.3 is 19.5 Å². The van der Waals surface area contributed by atoms with Crippen molar-refractivity contribution in [1.29, 1.82) is 0 Å². The van der Waals surface area contributed by atoms with Gasteiger partial charge in [-0.15, -0.1) is 0 Å². The second-order valence-corrected chi connectivity index (χ2v) is 9.05. The predicted octanol–water partition coefficient (Wildman–Crippen LogP) is 2.69. The number of nitrogens with zero attached hydrogens (tertiary/aromatic N) is 4. The number of aromatic amines is 1. The van der Waals surface area contributed by atoms with Crippen LogP contribution in [-0.4, -0.2) is 68.2 Å².